The third-order valence-electron chi connectivity index (χ3n) is 4.46. The minimum Gasteiger partial charge on any atom is -0.379 e. The molecule has 2 nitrogen and oxygen atoms in total. The summed E-state index contributed by atoms with van der Waals surface area (Å²) in [5, 5.41) is 11.5. The standard InChI is InChI=1S/C19H18O2/c1-18(2)17(20)13-16(14-9-5-3-6-10-14)19(18,21)15-11-7-4-8-12-15/h3-13,21H,1-2H3/t19-/m1/s1. The van der Waals surface area contributed by atoms with Crippen molar-refractivity contribution in [3.8, 4) is 0 Å². The molecule has 2 aromatic rings. The molecule has 0 saturated heterocycles. The molecule has 0 fully saturated rings. The van der Waals surface area contributed by atoms with Crippen LogP contribution in [0.25, 0.3) is 5.57 Å². The van der Waals surface area contributed by atoms with Crippen LogP contribution in [0.4, 0.5) is 0 Å². The van der Waals surface area contributed by atoms with Gasteiger partial charge in [0, 0.05) is 0 Å². The van der Waals surface area contributed by atoms with E-state index in [0.717, 1.165) is 11.1 Å². The number of benzene rings is 2. The SMILES string of the molecule is CC1(C)C(=O)C=C(c2ccccc2)[C@]1(O)c1ccccc1. The van der Waals surface area contributed by atoms with Crippen LogP contribution in [0.15, 0.2) is 66.7 Å². The first-order chi connectivity index (χ1) is 9.98. The Hall–Kier alpha value is -2.19. The average Bonchev–Trinajstić information content (AvgIpc) is 2.70. The van der Waals surface area contributed by atoms with Gasteiger partial charge in [0.1, 0.15) is 5.60 Å². The topological polar surface area (TPSA) is 37.3 Å². The lowest BCUT2D eigenvalue weighted by Gasteiger charge is -2.38. The van der Waals surface area contributed by atoms with Crippen molar-refractivity contribution in [2.45, 2.75) is 19.4 Å². The summed E-state index contributed by atoms with van der Waals surface area (Å²) < 4.78 is 0. The average molecular weight is 278 g/mol. The third kappa shape index (κ3) is 1.87. The number of aliphatic hydroxyl groups is 1. The van der Waals surface area contributed by atoms with Crippen molar-refractivity contribution in [2.75, 3.05) is 0 Å². The predicted molar refractivity (Wildman–Crippen MR) is 83.5 cm³/mol. The van der Waals surface area contributed by atoms with Crippen LogP contribution in [-0.4, -0.2) is 10.9 Å². The van der Waals surface area contributed by atoms with E-state index in [9.17, 15) is 9.90 Å². The van der Waals surface area contributed by atoms with Gasteiger partial charge in [0.15, 0.2) is 5.78 Å². The molecule has 2 aromatic carbocycles. The van der Waals surface area contributed by atoms with Gasteiger partial charge in [-0.3, -0.25) is 4.79 Å². The largest absolute Gasteiger partial charge is 0.379 e. The van der Waals surface area contributed by atoms with Crippen molar-refractivity contribution in [3.63, 3.8) is 0 Å². The fraction of sp³-hybridized carbons (Fsp3) is 0.211. The summed E-state index contributed by atoms with van der Waals surface area (Å²) in [6, 6.07) is 19.0. The Labute approximate surface area is 124 Å². The molecule has 1 N–H and O–H groups in total. The van der Waals surface area contributed by atoms with Crippen molar-refractivity contribution in [1.82, 2.24) is 0 Å². The minimum absolute atomic E-state index is 0.0484. The molecule has 0 radical (unpaired) electrons. The Morgan fingerprint density at radius 3 is 1.95 bits per heavy atom. The first kappa shape index (κ1) is 13.8. The van der Waals surface area contributed by atoms with Gasteiger partial charge in [-0.05, 0) is 36.6 Å². The molecule has 0 amide bonds. The Balaban J connectivity index is 2.24. The number of carbonyl (C=O) groups is 1. The summed E-state index contributed by atoms with van der Waals surface area (Å²) in [6.45, 7) is 3.60. The maximum atomic E-state index is 12.4. The van der Waals surface area contributed by atoms with Crippen LogP contribution >= 0.6 is 0 Å². The normalized spacial score (nSPS) is 24.0. The zero-order valence-corrected chi connectivity index (χ0v) is 12.2. The Bertz CT molecular complexity index is 699. The number of carbonyl (C=O) groups excluding carboxylic acids is 1. The molecule has 0 spiro atoms. The van der Waals surface area contributed by atoms with Gasteiger partial charge < -0.3 is 5.11 Å². The van der Waals surface area contributed by atoms with Crippen LogP contribution < -0.4 is 0 Å². The van der Waals surface area contributed by atoms with Crippen molar-refractivity contribution < 1.29 is 9.90 Å². The van der Waals surface area contributed by atoms with E-state index in [2.05, 4.69) is 0 Å². The molecular weight excluding hydrogens is 260 g/mol. The molecule has 1 atom stereocenters. The van der Waals surface area contributed by atoms with Crippen molar-refractivity contribution >= 4 is 11.4 Å². The van der Waals surface area contributed by atoms with E-state index in [1.54, 1.807) is 19.9 Å². The monoisotopic (exact) mass is 278 g/mol. The summed E-state index contributed by atoms with van der Waals surface area (Å²) in [7, 11) is 0. The molecule has 0 bridgehead atoms. The highest BCUT2D eigenvalue weighted by Gasteiger charge is 2.56. The highest BCUT2D eigenvalue weighted by atomic mass is 16.3. The smallest absolute Gasteiger partial charge is 0.165 e. The van der Waals surface area contributed by atoms with E-state index in [4.69, 9.17) is 0 Å². The summed E-state index contributed by atoms with van der Waals surface area (Å²) in [5.41, 5.74) is 0.0923. The van der Waals surface area contributed by atoms with Gasteiger partial charge in [-0.15, -0.1) is 0 Å². The second-order valence-corrected chi connectivity index (χ2v) is 5.99. The van der Waals surface area contributed by atoms with Gasteiger partial charge >= 0.3 is 0 Å². The maximum absolute atomic E-state index is 12.4. The third-order valence-corrected chi connectivity index (χ3v) is 4.46. The quantitative estimate of drug-likeness (QED) is 0.912. The molecule has 1 aliphatic carbocycles. The minimum atomic E-state index is -1.31. The summed E-state index contributed by atoms with van der Waals surface area (Å²) >= 11 is 0. The van der Waals surface area contributed by atoms with Gasteiger partial charge in [-0.25, -0.2) is 0 Å². The summed E-state index contributed by atoms with van der Waals surface area (Å²) in [6.07, 6.45) is 1.59. The second kappa shape index (κ2) is 4.68. The lowest BCUT2D eigenvalue weighted by atomic mass is 9.69. The van der Waals surface area contributed by atoms with Gasteiger partial charge in [0.25, 0.3) is 0 Å². The van der Waals surface area contributed by atoms with Crippen LogP contribution in [-0.2, 0) is 10.4 Å². The van der Waals surface area contributed by atoms with Gasteiger partial charge in [-0.2, -0.15) is 0 Å². The molecule has 106 valence electrons. The van der Waals surface area contributed by atoms with Crippen molar-refractivity contribution in [3.05, 3.63) is 77.9 Å². The molecule has 1 aliphatic rings. The Kier molecular flexibility index (Phi) is 3.07. The van der Waals surface area contributed by atoms with E-state index in [1.807, 2.05) is 60.7 Å². The van der Waals surface area contributed by atoms with Crippen molar-refractivity contribution in [1.29, 1.82) is 0 Å². The molecule has 0 heterocycles. The Morgan fingerprint density at radius 2 is 1.38 bits per heavy atom. The molecule has 21 heavy (non-hydrogen) atoms. The Morgan fingerprint density at radius 1 is 0.857 bits per heavy atom. The second-order valence-electron chi connectivity index (χ2n) is 5.99. The lowest BCUT2D eigenvalue weighted by molar-refractivity contribution is -0.130. The fourth-order valence-electron chi connectivity index (χ4n) is 3.04. The number of rotatable bonds is 2. The number of allylic oxidation sites excluding steroid dienone is 1. The predicted octanol–water partition coefficient (Wildman–Crippen LogP) is 3.57. The van der Waals surface area contributed by atoms with Crippen LogP contribution in [0.1, 0.15) is 25.0 Å². The van der Waals surface area contributed by atoms with Gasteiger partial charge in [0.05, 0.1) is 5.41 Å². The molecule has 0 aromatic heterocycles. The molecule has 0 saturated carbocycles. The van der Waals surface area contributed by atoms with E-state index in [1.165, 1.54) is 0 Å². The van der Waals surface area contributed by atoms with E-state index in [-0.39, 0.29) is 5.78 Å². The molecule has 0 aliphatic heterocycles. The summed E-state index contributed by atoms with van der Waals surface area (Å²) in [5.74, 6) is -0.0484. The maximum Gasteiger partial charge on any atom is 0.165 e. The fourth-order valence-corrected chi connectivity index (χ4v) is 3.04. The highest BCUT2D eigenvalue weighted by Crippen LogP contribution is 2.53. The van der Waals surface area contributed by atoms with Crippen LogP contribution in [0, 0.1) is 5.41 Å². The van der Waals surface area contributed by atoms with E-state index >= 15 is 0 Å². The molecule has 0 unspecified atom stereocenters. The van der Waals surface area contributed by atoms with Crippen LogP contribution in [0.5, 0.6) is 0 Å². The molecule has 2 heteroatoms. The van der Waals surface area contributed by atoms with E-state index < -0.39 is 11.0 Å². The van der Waals surface area contributed by atoms with Crippen LogP contribution in [0.2, 0.25) is 0 Å². The zero-order valence-electron chi connectivity index (χ0n) is 12.2. The first-order valence-electron chi connectivity index (χ1n) is 7.08. The van der Waals surface area contributed by atoms with Crippen LogP contribution in [0.3, 0.4) is 0 Å². The first-order valence-corrected chi connectivity index (χ1v) is 7.08. The number of hydrogen-bond donors (Lipinski definition) is 1. The highest BCUT2D eigenvalue weighted by molar-refractivity contribution is 6.09. The van der Waals surface area contributed by atoms with E-state index in [0.29, 0.717) is 5.57 Å². The molecular formula is C19H18O2. The van der Waals surface area contributed by atoms with Crippen molar-refractivity contribution in [2.24, 2.45) is 5.41 Å². The lowest BCUT2D eigenvalue weighted by Crippen LogP contribution is -2.42. The number of hydrogen-bond acceptors (Lipinski definition) is 2. The number of ketones is 1. The van der Waals surface area contributed by atoms with Gasteiger partial charge in [0.2, 0.25) is 0 Å². The summed E-state index contributed by atoms with van der Waals surface area (Å²) in [4.78, 5) is 12.4. The zero-order chi connectivity index (χ0) is 15.1. The molecule has 3 rings (SSSR count). The van der Waals surface area contributed by atoms with Gasteiger partial charge in [-0.1, -0.05) is 60.7 Å².